The Balaban J connectivity index is 1.91. The van der Waals surface area contributed by atoms with Gasteiger partial charge in [0.25, 0.3) is 0 Å². The molecule has 0 aliphatic carbocycles. The lowest BCUT2D eigenvalue weighted by atomic mass is 10.2. The van der Waals surface area contributed by atoms with Crippen LogP contribution in [0.15, 0.2) is 4.52 Å². The normalized spacial score (nSPS) is 17.1. The lowest BCUT2D eigenvalue weighted by molar-refractivity contribution is 0.164. The molecule has 82 valence electrons. The zero-order valence-electron chi connectivity index (χ0n) is 8.86. The summed E-state index contributed by atoms with van der Waals surface area (Å²) in [7, 11) is 0. The molecule has 2 rings (SSSR count). The van der Waals surface area contributed by atoms with Gasteiger partial charge in [-0.2, -0.15) is 4.98 Å². The summed E-state index contributed by atoms with van der Waals surface area (Å²) in [5, 5.41) is 6.57. The smallest absolute Gasteiger partial charge is 0.317 e. The van der Waals surface area contributed by atoms with Crippen molar-refractivity contribution < 1.29 is 9.32 Å². The van der Waals surface area contributed by atoms with E-state index in [1.807, 2.05) is 6.92 Å². The molecule has 1 saturated heterocycles. The van der Waals surface area contributed by atoms with E-state index >= 15 is 0 Å². The van der Waals surface area contributed by atoms with Crippen LogP contribution in [0, 0.1) is 6.92 Å². The van der Waals surface area contributed by atoms with Crippen molar-refractivity contribution in [3.05, 3.63) is 11.7 Å². The van der Waals surface area contributed by atoms with Crippen LogP contribution in [0.3, 0.4) is 0 Å². The van der Waals surface area contributed by atoms with E-state index in [1.54, 1.807) is 11.8 Å². The Morgan fingerprint density at radius 2 is 2.33 bits per heavy atom. The molecule has 6 heteroatoms. The monoisotopic (exact) mass is 210 g/mol. The molecule has 15 heavy (non-hydrogen) atoms. The standard InChI is InChI=1S/C9H14N4O2/c1-6(8-11-7(2)15-12-8)10-9(14)13-4-3-5-13/h6H,3-5H2,1-2H3,(H,10,14). The maximum atomic E-state index is 11.5. The van der Waals surface area contributed by atoms with Gasteiger partial charge in [0.2, 0.25) is 5.89 Å². The SMILES string of the molecule is Cc1nc(C(C)NC(=O)N2CCC2)no1. The molecule has 6 nitrogen and oxygen atoms in total. The first-order chi connectivity index (χ1) is 7.16. The number of carbonyl (C=O) groups excluding carboxylic acids is 1. The third-order valence-corrected chi connectivity index (χ3v) is 2.41. The zero-order chi connectivity index (χ0) is 10.8. The highest BCUT2D eigenvalue weighted by atomic mass is 16.5. The van der Waals surface area contributed by atoms with Crippen molar-refractivity contribution in [3.63, 3.8) is 0 Å². The first-order valence-electron chi connectivity index (χ1n) is 5.02. The number of likely N-dealkylation sites (tertiary alicyclic amines) is 1. The molecule has 2 heterocycles. The van der Waals surface area contributed by atoms with Crippen LogP contribution in [0.25, 0.3) is 0 Å². The number of nitrogens with zero attached hydrogens (tertiary/aromatic N) is 3. The van der Waals surface area contributed by atoms with Crippen LogP contribution < -0.4 is 5.32 Å². The fraction of sp³-hybridized carbons (Fsp3) is 0.667. The van der Waals surface area contributed by atoms with Crippen LogP contribution >= 0.6 is 0 Å². The van der Waals surface area contributed by atoms with Crippen molar-refractivity contribution >= 4 is 6.03 Å². The van der Waals surface area contributed by atoms with Crippen molar-refractivity contribution in [1.29, 1.82) is 0 Å². The summed E-state index contributed by atoms with van der Waals surface area (Å²) in [5.74, 6) is 1.02. The predicted octanol–water partition coefficient (Wildman–Crippen LogP) is 0.854. The van der Waals surface area contributed by atoms with Crippen molar-refractivity contribution in [2.45, 2.75) is 26.3 Å². The van der Waals surface area contributed by atoms with Gasteiger partial charge < -0.3 is 14.7 Å². The topological polar surface area (TPSA) is 71.3 Å². The second kappa shape index (κ2) is 3.88. The van der Waals surface area contributed by atoms with Gasteiger partial charge in [0.1, 0.15) is 0 Å². The molecule has 1 aliphatic rings. The van der Waals surface area contributed by atoms with Gasteiger partial charge in [0.05, 0.1) is 6.04 Å². The highest BCUT2D eigenvalue weighted by Crippen LogP contribution is 2.11. The molecule has 1 aliphatic heterocycles. The minimum Gasteiger partial charge on any atom is -0.340 e. The number of hydrogen-bond acceptors (Lipinski definition) is 4. The molecule has 0 bridgehead atoms. The van der Waals surface area contributed by atoms with E-state index < -0.39 is 0 Å². The van der Waals surface area contributed by atoms with Gasteiger partial charge in [-0.15, -0.1) is 0 Å². The van der Waals surface area contributed by atoms with Crippen molar-refractivity contribution in [2.24, 2.45) is 0 Å². The Hall–Kier alpha value is -1.59. The molecule has 1 unspecified atom stereocenters. The Kier molecular flexibility index (Phi) is 2.57. The van der Waals surface area contributed by atoms with Gasteiger partial charge in [0.15, 0.2) is 5.82 Å². The molecule has 0 radical (unpaired) electrons. The van der Waals surface area contributed by atoms with Gasteiger partial charge in [-0.1, -0.05) is 5.16 Å². The molecule has 1 atom stereocenters. The molecular formula is C9H14N4O2. The van der Waals surface area contributed by atoms with Crippen LogP contribution in [0.5, 0.6) is 0 Å². The number of rotatable bonds is 2. The molecule has 1 fully saturated rings. The maximum absolute atomic E-state index is 11.5. The molecule has 1 aromatic rings. The predicted molar refractivity (Wildman–Crippen MR) is 52.2 cm³/mol. The van der Waals surface area contributed by atoms with Gasteiger partial charge in [0, 0.05) is 20.0 Å². The number of aromatic nitrogens is 2. The Morgan fingerprint density at radius 1 is 1.60 bits per heavy atom. The fourth-order valence-corrected chi connectivity index (χ4v) is 1.35. The van der Waals surface area contributed by atoms with Gasteiger partial charge in [-0.3, -0.25) is 0 Å². The van der Waals surface area contributed by atoms with E-state index in [0.717, 1.165) is 19.5 Å². The van der Waals surface area contributed by atoms with E-state index in [9.17, 15) is 4.79 Å². The van der Waals surface area contributed by atoms with Gasteiger partial charge in [-0.25, -0.2) is 4.79 Å². The lowest BCUT2D eigenvalue weighted by Crippen LogP contribution is -2.48. The van der Waals surface area contributed by atoms with E-state index in [1.165, 1.54) is 0 Å². The Bertz CT molecular complexity index is 359. The van der Waals surface area contributed by atoms with Crippen molar-refractivity contribution in [2.75, 3.05) is 13.1 Å². The molecule has 0 spiro atoms. The molecular weight excluding hydrogens is 196 g/mol. The first-order valence-corrected chi connectivity index (χ1v) is 5.02. The van der Waals surface area contributed by atoms with E-state index in [2.05, 4.69) is 15.5 Å². The first kappa shape index (κ1) is 9.95. The summed E-state index contributed by atoms with van der Waals surface area (Å²) in [5.41, 5.74) is 0. The maximum Gasteiger partial charge on any atom is 0.317 e. The number of urea groups is 1. The van der Waals surface area contributed by atoms with Crippen molar-refractivity contribution in [1.82, 2.24) is 20.4 Å². The molecule has 2 amide bonds. The number of aryl methyl sites for hydroxylation is 1. The number of amides is 2. The minimum atomic E-state index is -0.212. The van der Waals surface area contributed by atoms with Crippen LogP contribution in [0.1, 0.15) is 31.1 Å². The van der Waals surface area contributed by atoms with E-state index in [-0.39, 0.29) is 12.1 Å². The fourth-order valence-electron chi connectivity index (χ4n) is 1.35. The zero-order valence-corrected chi connectivity index (χ0v) is 8.86. The largest absolute Gasteiger partial charge is 0.340 e. The van der Waals surface area contributed by atoms with Crippen LogP contribution in [0.2, 0.25) is 0 Å². The summed E-state index contributed by atoms with van der Waals surface area (Å²) in [6.45, 7) is 5.23. The lowest BCUT2D eigenvalue weighted by Gasteiger charge is -2.31. The van der Waals surface area contributed by atoms with Gasteiger partial charge in [-0.05, 0) is 13.3 Å². The van der Waals surface area contributed by atoms with Crippen LogP contribution in [0.4, 0.5) is 4.79 Å². The molecule has 0 saturated carbocycles. The quantitative estimate of drug-likeness (QED) is 0.785. The minimum absolute atomic E-state index is 0.0591. The molecule has 1 aromatic heterocycles. The van der Waals surface area contributed by atoms with Crippen LogP contribution in [-0.2, 0) is 0 Å². The number of hydrogen-bond donors (Lipinski definition) is 1. The summed E-state index contributed by atoms with van der Waals surface area (Å²) in [6, 6.07) is -0.272. The summed E-state index contributed by atoms with van der Waals surface area (Å²) in [4.78, 5) is 17.4. The summed E-state index contributed by atoms with van der Waals surface area (Å²) < 4.78 is 4.84. The second-order valence-corrected chi connectivity index (χ2v) is 3.68. The molecule has 1 N–H and O–H groups in total. The average Bonchev–Trinajstić information content (AvgIpc) is 2.48. The number of carbonyl (C=O) groups is 1. The Labute approximate surface area is 87.6 Å². The van der Waals surface area contributed by atoms with Crippen molar-refractivity contribution in [3.8, 4) is 0 Å². The van der Waals surface area contributed by atoms with E-state index in [4.69, 9.17) is 4.52 Å². The summed E-state index contributed by atoms with van der Waals surface area (Å²) in [6.07, 6.45) is 1.09. The molecule has 0 aromatic carbocycles. The van der Waals surface area contributed by atoms with Crippen LogP contribution in [-0.4, -0.2) is 34.2 Å². The highest BCUT2D eigenvalue weighted by molar-refractivity contribution is 5.75. The second-order valence-electron chi connectivity index (χ2n) is 3.68. The van der Waals surface area contributed by atoms with Gasteiger partial charge >= 0.3 is 6.03 Å². The highest BCUT2D eigenvalue weighted by Gasteiger charge is 2.23. The number of nitrogens with one attached hydrogen (secondary N) is 1. The van der Waals surface area contributed by atoms with E-state index in [0.29, 0.717) is 11.7 Å². The Morgan fingerprint density at radius 3 is 2.80 bits per heavy atom. The summed E-state index contributed by atoms with van der Waals surface area (Å²) >= 11 is 0. The third-order valence-electron chi connectivity index (χ3n) is 2.41. The average molecular weight is 210 g/mol. The third kappa shape index (κ3) is 2.08.